The molecule has 2 heterocycles. The normalized spacial score (nSPS) is 17.2. The van der Waals surface area contributed by atoms with E-state index in [-0.39, 0.29) is 5.75 Å². The average molecular weight is 346 g/mol. The van der Waals surface area contributed by atoms with Crippen molar-refractivity contribution in [3.8, 4) is 5.75 Å². The molecule has 118 valence electrons. The van der Waals surface area contributed by atoms with Crippen LogP contribution in [0.25, 0.3) is 10.2 Å². The van der Waals surface area contributed by atoms with Gasteiger partial charge in [-0.05, 0) is 48.9 Å². The van der Waals surface area contributed by atoms with E-state index in [4.69, 9.17) is 11.6 Å². The molecule has 1 aliphatic carbocycles. The largest absolute Gasteiger partial charge is 0.506 e. The van der Waals surface area contributed by atoms with Crippen molar-refractivity contribution in [2.45, 2.75) is 26.2 Å². The predicted octanol–water partition coefficient (Wildman–Crippen LogP) is 4.92. The molecule has 0 saturated carbocycles. The van der Waals surface area contributed by atoms with E-state index in [0.29, 0.717) is 10.7 Å². The minimum atomic E-state index is 0.152. The van der Waals surface area contributed by atoms with Gasteiger partial charge in [0, 0.05) is 9.90 Å². The molecule has 0 saturated heterocycles. The molecule has 4 rings (SSSR count). The summed E-state index contributed by atoms with van der Waals surface area (Å²) in [4.78, 5) is 11.3. The highest BCUT2D eigenvalue weighted by Crippen LogP contribution is 2.41. The van der Waals surface area contributed by atoms with Gasteiger partial charge in [0.15, 0.2) is 0 Å². The zero-order valence-corrected chi connectivity index (χ0v) is 14.2. The molecular weight excluding hydrogens is 330 g/mol. The van der Waals surface area contributed by atoms with Gasteiger partial charge in [0.2, 0.25) is 0 Å². The molecule has 1 aromatic carbocycles. The number of phenolic OH excluding ortho intramolecular Hbond substituents is 1. The number of thiophene rings is 1. The van der Waals surface area contributed by atoms with E-state index in [9.17, 15) is 5.11 Å². The molecule has 1 aliphatic rings. The fourth-order valence-corrected chi connectivity index (χ4v) is 4.63. The first-order valence-corrected chi connectivity index (χ1v) is 8.82. The summed E-state index contributed by atoms with van der Waals surface area (Å²) >= 11 is 7.79. The Morgan fingerprint density at radius 1 is 1.35 bits per heavy atom. The van der Waals surface area contributed by atoms with E-state index in [1.807, 2.05) is 0 Å². The second-order valence-corrected chi connectivity index (χ2v) is 7.56. The van der Waals surface area contributed by atoms with E-state index in [1.54, 1.807) is 35.9 Å². The summed E-state index contributed by atoms with van der Waals surface area (Å²) in [6.07, 6.45) is 4.92. The summed E-state index contributed by atoms with van der Waals surface area (Å²) in [5.74, 6) is 1.61. The van der Waals surface area contributed by atoms with Gasteiger partial charge in [-0.1, -0.05) is 18.5 Å². The van der Waals surface area contributed by atoms with Gasteiger partial charge >= 0.3 is 0 Å². The third kappa shape index (κ3) is 2.64. The van der Waals surface area contributed by atoms with Gasteiger partial charge in [0.25, 0.3) is 0 Å². The molecule has 4 nitrogen and oxygen atoms in total. The highest BCUT2D eigenvalue weighted by Gasteiger charge is 2.23. The molecule has 23 heavy (non-hydrogen) atoms. The van der Waals surface area contributed by atoms with E-state index < -0.39 is 0 Å². The Kier molecular flexibility index (Phi) is 3.62. The smallest absolute Gasteiger partial charge is 0.142 e. The minimum Gasteiger partial charge on any atom is -0.506 e. The second-order valence-electron chi connectivity index (χ2n) is 6.04. The van der Waals surface area contributed by atoms with Gasteiger partial charge in [-0.3, -0.25) is 0 Å². The van der Waals surface area contributed by atoms with Crippen LogP contribution in [0, 0.1) is 5.92 Å². The molecule has 0 bridgehead atoms. The van der Waals surface area contributed by atoms with Crippen LogP contribution >= 0.6 is 22.9 Å². The molecule has 3 aromatic rings. The molecule has 0 spiro atoms. The first-order chi connectivity index (χ1) is 11.1. The molecular formula is C17H16ClN3OS. The highest BCUT2D eigenvalue weighted by molar-refractivity contribution is 7.19. The Morgan fingerprint density at radius 3 is 3.09 bits per heavy atom. The maximum absolute atomic E-state index is 10.0. The van der Waals surface area contributed by atoms with Gasteiger partial charge in [0.05, 0.1) is 11.1 Å². The molecule has 0 radical (unpaired) electrons. The molecule has 2 N–H and O–H groups in total. The lowest BCUT2D eigenvalue weighted by Crippen LogP contribution is -2.09. The van der Waals surface area contributed by atoms with Crippen molar-refractivity contribution in [3.05, 3.63) is 40.0 Å². The Balaban J connectivity index is 1.83. The number of phenols is 1. The quantitative estimate of drug-likeness (QED) is 0.647. The van der Waals surface area contributed by atoms with Crippen molar-refractivity contribution in [1.29, 1.82) is 0 Å². The summed E-state index contributed by atoms with van der Waals surface area (Å²) in [7, 11) is 0. The van der Waals surface area contributed by atoms with Crippen LogP contribution in [0.15, 0.2) is 24.5 Å². The van der Waals surface area contributed by atoms with Gasteiger partial charge in [-0.25, -0.2) is 9.97 Å². The summed E-state index contributed by atoms with van der Waals surface area (Å²) < 4.78 is 0. The molecule has 0 amide bonds. The van der Waals surface area contributed by atoms with Crippen molar-refractivity contribution in [2.24, 2.45) is 5.92 Å². The summed E-state index contributed by atoms with van der Waals surface area (Å²) in [5, 5.41) is 14.9. The van der Waals surface area contributed by atoms with E-state index >= 15 is 0 Å². The fourth-order valence-electron chi connectivity index (χ4n) is 3.11. The number of aryl methyl sites for hydroxylation is 1. The molecule has 1 unspecified atom stereocenters. The summed E-state index contributed by atoms with van der Waals surface area (Å²) in [6.45, 7) is 2.29. The molecule has 2 aromatic heterocycles. The third-order valence-corrected chi connectivity index (χ3v) is 5.70. The van der Waals surface area contributed by atoms with Crippen molar-refractivity contribution >= 4 is 44.7 Å². The third-order valence-electron chi connectivity index (χ3n) is 4.30. The number of hydrogen-bond donors (Lipinski definition) is 2. The first kappa shape index (κ1) is 14.7. The second kappa shape index (κ2) is 5.65. The van der Waals surface area contributed by atoms with Gasteiger partial charge < -0.3 is 10.4 Å². The number of hydrogen-bond acceptors (Lipinski definition) is 5. The van der Waals surface area contributed by atoms with Crippen molar-refractivity contribution < 1.29 is 5.11 Å². The number of rotatable bonds is 2. The number of nitrogens with zero attached hydrogens (tertiary/aromatic N) is 2. The predicted molar refractivity (Wildman–Crippen MR) is 95.0 cm³/mol. The minimum absolute atomic E-state index is 0.152. The standard InChI is InChI=1S/C17H16ClN3OS/c1-9-2-4-11-14(6-9)23-17-15(11)16(19-8-20-17)21-12-7-10(18)3-5-13(12)22/h3,5,7-9,22H,2,4,6H2,1H3,(H,19,20,21). The van der Waals surface area contributed by atoms with Crippen LogP contribution in [-0.2, 0) is 12.8 Å². The Bertz CT molecular complexity index is 893. The molecule has 6 heteroatoms. The maximum Gasteiger partial charge on any atom is 0.142 e. The number of aromatic nitrogens is 2. The lowest BCUT2D eigenvalue weighted by atomic mass is 9.89. The molecule has 1 atom stereocenters. The Hall–Kier alpha value is -1.85. The summed E-state index contributed by atoms with van der Waals surface area (Å²) in [6, 6.07) is 4.94. The maximum atomic E-state index is 10.0. The SMILES string of the molecule is CC1CCc2c(sc3ncnc(Nc4cc(Cl)ccc4O)c23)C1. The fraction of sp³-hybridized carbons (Fsp3) is 0.294. The van der Waals surface area contributed by atoms with Crippen molar-refractivity contribution in [2.75, 3.05) is 5.32 Å². The van der Waals surface area contributed by atoms with Crippen LogP contribution in [-0.4, -0.2) is 15.1 Å². The number of nitrogens with one attached hydrogen (secondary N) is 1. The van der Waals surface area contributed by atoms with Gasteiger partial charge in [0.1, 0.15) is 22.7 Å². The highest BCUT2D eigenvalue weighted by atomic mass is 35.5. The monoisotopic (exact) mass is 345 g/mol. The van der Waals surface area contributed by atoms with Crippen LogP contribution in [0.5, 0.6) is 5.75 Å². The van der Waals surface area contributed by atoms with Crippen LogP contribution < -0.4 is 5.32 Å². The molecule has 0 fully saturated rings. The van der Waals surface area contributed by atoms with E-state index in [1.165, 1.54) is 16.9 Å². The number of fused-ring (bicyclic) bond motifs is 3. The summed E-state index contributed by atoms with van der Waals surface area (Å²) in [5.41, 5.74) is 1.91. The number of halogens is 1. The number of anilines is 2. The number of aromatic hydroxyl groups is 1. The molecule has 0 aliphatic heterocycles. The Morgan fingerprint density at radius 2 is 2.22 bits per heavy atom. The van der Waals surface area contributed by atoms with Crippen molar-refractivity contribution in [3.63, 3.8) is 0 Å². The topological polar surface area (TPSA) is 58.0 Å². The van der Waals surface area contributed by atoms with Crippen LogP contribution in [0.2, 0.25) is 5.02 Å². The van der Waals surface area contributed by atoms with Gasteiger partial charge in [-0.15, -0.1) is 11.3 Å². The zero-order valence-electron chi connectivity index (χ0n) is 12.6. The van der Waals surface area contributed by atoms with Crippen LogP contribution in [0.1, 0.15) is 23.8 Å². The number of benzene rings is 1. The average Bonchev–Trinajstić information content (AvgIpc) is 2.89. The van der Waals surface area contributed by atoms with E-state index in [2.05, 4.69) is 22.2 Å². The lowest BCUT2D eigenvalue weighted by molar-refractivity contribution is 0.478. The van der Waals surface area contributed by atoms with Crippen molar-refractivity contribution in [1.82, 2.24) is 9.97 Å². The van der Waals surface area contributed by atoms with E-state index in [0.717, 1.165) is 34.8 Å². The Labute approximate surface area is 143 Å². The van der Waals surface area contributed by atoms with Crippen LogP contribution in [0.4, 0.5) is 11.5 Å². The van der Waals surface area contributed by atoms with Crippen LogP contribution in [0.3, 0.4) is 0 Å². The zero-order chi connectivity index (χ0) is 16.0. The lowest BCUT2D eigenvalue weighted by Gasteiger charge is -2.18. The van der Waals surface area contributed by atoms with Gasteiger partial charge in [-0.2, -0.15) is 0 Å². The first-order valence-electron chi connectivity index (χ1n) is 7.62.